The van der Waals surface area contributed by atoms with Crippen LogP contribution in [0.3, 0.4) is 0 Å². The fourth-order valence-corrected chi connectivity index (χ4v) is 1.84. The van der Waals surface area contributed by atoms with Crippen LogP contribution in [0.15, 0.2) is 35.3 Å². The number of halogens is 1. The molecule has 1 aromatic carbocycles. The summed E-state index contributed by atoms with van der Waals surface area (Å²) in [5.41, 5.74) is -0.0140. The molecule has 0 radical (unpaired) electrons. The molecule has 0 aliphatic rings. The van der Waals surface area contributed by atoms with Gasteiger partial charge in [0, 0.05) is 23.2 Å². The number of aromatic nitrogens is 2. The van der Waals surface area contributed by atoms with Crippen molar-refractivity contribution < 1.29 is 14.6 Å². The SMILES string of the molecule is O=C(O)CCc1cnc(COc2cccc(Cl)c2)[nH]c1=O. The minimum absolute atomic E-state index is 0.0921. The van der Waals surface area contributed by atoms with E-state index >= 15 is 0 Å². The van der Waals surface area contributed by atoms with Crippen LogP contribution in [0, 0.1) is 0 Å². The standard InChI is InChI=1S/C14H13ClN2O4/c15-10-2-1-3-11(6-10)21-8-12-16-7-9(14(20)17-12)4-5-13(18)19/h1-3,6-7H,4-5,8H2,(H,18,19)(H,16,17,20). The first-order valence-electron chi connectivity index (χ1n) is 6.22. The van der Waals surface area contributed by atoms with Crippen LogP contribution in [-0.2, 0) is 17.8 Å². The first-order valence-corrected chi connectivity index (χ1v) is 6.59. The molecule has 1 aromatic heterocycles. The minimum Gasteiger partial charge on any atom is -0.486 e. The number of carboxylic acids is 1. The highest BCUT2D eigenvalue weighted by atomic mass is 35.5. The van der Waals surface area contributed by atoms with E-state index in [0.717, 1.165) is 0 Å². The van der Waals surface area contributed by atoms with E-state index in [0.29, 0.717) is 22.2 Å². The van der Waals surface area contributed by atoms with Gasteiger partial charge in [-0.15, -0.1) is 0 Å². The summed E-state index contributed by atoms with van der Waals surface area (Å²) in [7, 11) is 0. The largest absolute Gasteiger partial charge is 0.486 e. The lowest BCUT2D eigenvalue weighted by atomic mass is 10.2. The topological polar surface area (TPSA) is 92.3 Å². The molecule has 0 unspecified atom stereocenters. The monoisotopic (exact) mass is 308 g/mol. The molecule has 21 heavy (non-hydrogen) atoms. The number of nitrogens with one attached hydrogen (secondary N) is 1. The molecular formula is C14H13ClN2O4. The van der Waals surface area contributed by atoms with Crippen LogP contribution in [0.5, 0.6) is 5.75 Å². The summed E-state index contributed by atoms with van der Waals surface area (Å²) in [6.45, 7) is 0.0921. The van der Waals surface area contributed by atoms with E-state index in [1.807, 2.05) is 0 Å². The third-order valence-corrected chi connectivity index (χ3v) is 2.94. The number of aromatic amines is 1. The van der Waals surface area contributed by atoms with Gasteiger partial charge in [-0.2, -0.15) is 0 Å². The van der Waals surface area contributed by atoms with Crippen LogP contribution in [-0.4, -0.2) is 21.0 Å². The molecule has 7 heteroatoms. The normalized spacial score (nSPS) is 10.3. The molecule has 2 aromatic rings. The fourth-order valence-electron chi connectivity index (χ4n) is 1.66. The zero-order chi connectivity index (χ0) is 15.2. The van der Waals surface area contributed by atoms with Crippen molar-refractivity contribution in [1.29, 1.82) is 0 Å². The van der Waals surface area contributed by atoms with Crippen LogP contribution >= 0.6 is 11.6 Å². The van der Waals surface area contributed by atoms with Crippen molar-refractivity contribution in [3.63, 3.8) is 0 Å². The van der Waals surface area contributed by atoms with Gasteiger partial charge in [0.05, 0.1) is 0 Å². The Labute approximate surface area is 125 Å². The van der Waals surface area contributed by atoms with Gasteiger partial charge in [-0.25, -0.2) is 4.98 Å². The second-order valence-electron chi connectivity index (χ2n) is 4.32. The molecule has 0 aliphatic heterocycles. The van der Waals surface area contributed by atoms with E-state index < -0.39 is 5.97 Å². The average Bonchev–Trinajstić information content (AvgIpc) is 2.44. The van der Waals surface area contributed by atoms with Crippen molar-refractivity contribution in [3.05, 3.63) is 57.2 Å². The molecular weight excluding hydrogens is 296 g/mol. The van der Waals surface area contributed by atoms with Crippen molar-refractivity contribution in [2.75, 3.05) is 0 Å². The predicted octanol–water partition coefficient (Wildman–Crippen LogP) is 2.02. The molecule has 2 N–H and O–H groups in total. The fraction of sp³-hybridized carbons (Fsp3) is 0.214. The van der Waals surface area contributed by atoms with Crippen LogP contribution in [0.1, 0.15) is 17.8 Å². The smallest absolute Gasteiger partial charge is 0.303 e. The average molecular weight is 309 g/mol. The lowest BCUT2D eigenvalue weighted by Gasteiger charge is -2.06. The number of nitrogens with zero attached hydrogens (tertiary/aromatic N) is 1. The molecule has 0 bridgehead atoms. The van der Waals surface area contributed by atoms with Gasteiger partial charge in [-0.3, -0.25) is 9.59 Å². The van der Waals surface area contributed by atoms with E-state index in [1.165, 1.54) is 6.20 Å². The zero-order valence-corrected chi connectivity index (χ0v) is 11.8. The molecule has 6 nitrogen and oxygen atoms in total. The van der Waals surface area contributed by atoms with Crippen molar-refractivity contribution >= 4 is 17.6 Å². The van der Waals surface area contributed by atoms with Gasteiger partial charge >= 0.3 is 5.97 Å². The number of aliphatic carboxylic acids is 1. The van der Waals surface area contributed by atoms with Crippen molar-refractivity contribution in [1.82, 2.24) is 9.97 Å². The molecule has 0 spiro atoms. The Balaban J connectivity index is 2.00. The molecule has 1 heterocycles. The number of hydrogen-bond donors (Lipinski definition) is 2. The Morgan fingerprint density at radius 1 is 1.43 bits per heavy atom. The summed E-state index contributed by atoms with van der Waals surface area (Å²) in [5, 5.41) is 9.14. The highest BCUT2D eigenvalue weighted by Crippen LogP contribution is 2.17. The third-order valence-electron chi connectivity index (χ3n) is 2.71. The molecule has 0 atom stereocenters. The van der Waals surface area contributed by atoms with Crippen LogP contribution < -0.4 is 10.3 Å². The summed E-state index contributed by atoms with van der Waals surface area (Å²) in [4.78, 5) is 28.8. The number of H-pyrrole nitrogens is 1. The Hall–Kier alpha value is -2.34. The zero-order valence-electron chi connectivity index (χ0n) is 11.0. The Morgan fingerprint density at radius 2 is 2.24 bits per heavy atom. The van der Waals surface area contributed by atoms with E-state index in [2.05, 4.69) is 9.97 Å². The molecule has 0 amide bonds. The summed E-state index contributed by atoms with van der Waals surface area (Å²) < 4.78 is 5.45. The van der Waals surface area contributed by atoms with Crippen LogP contribution in [0.2, 0.25) is 5.02 Å². The summed E-state index contributed by atoms with van der Waals surface area (Å²) in [6, 6.07) is 6.88. The second-order valence-corrected chi connectivity index (χ2v) is 4.76. The summed E-state index contributed by atoms with van der Waals surface area (Å²) >= 11 is 5.83. The number of rotatable bonds is 6. The second kappa shape index (κ2) is 6.90. The van der Waals surface area contributed by atoms with Crippen LogP contribution in [0.4, 0.5) is 0 Å². The minimum atomic E-state index is -0.956. The first-order chi connectivity index (χ1) is 10.0. The number of aryl methyl sites for hydroxylation is 1. The molecule has 110 valence electrons. The first kappa shape index (κ1) is 15.1. The van der Waals surface area contributed by atoms with Crippen molar-refractivity contribution in [2.24, 2.45) is 0 Å². The maximum absolute atomic E-state index is 11.8. The molecule has 0 fully saturated rings. The molecule has 0 saturated carbocycles. The highest BCUT2D eigenvalue weighted by molar-refractivity contribution is 6.30. The lowest BCUT2D eigenvalue weighted by molar-refractivity contribution is -0.136. The van der Waals surface area contributed by atoms with E-state index in [9.17, 15) is 9.59 Å². The Morgan fingerprint density at radius 3 is 2.90 bits per heavy atom. The van der Waals surface area contributed by atoms with Gasteiger partial charge in [-0.05, 0) is 24.6 Å². The number of ether oxygens (including phenoxy) is 1. The third kappa shape index (κ3) is 4.61. The van der Waals surface area contributed by atoms with Gasteiger partial charge in [0.1, 0.15) is 18.2 Å². The lowest BCUT2D eigenvalue weighted by Crippen LogP contribution is -2.18. The molecule has 0 saturated heterocycles. The predicted molar refractivity (Wildman–Crippen MR) is 76.6 cm³/mol. The quantitative estimate of drug-likeness (QED) is 0.851. The maximum Gasteiger partial charge on any atom is 0.303 e. The number of hydrogen-bond acceptors (Lipinski definition) is 4. The van der Waals surface area contributed by atoms with E-state index in [4.69, 9.17) is 21.4 Å². The van der Waals surface area contributed by atoms with E-state index in [-0.39, 0.29) is 25.0 Å². The Bertz CT molecular complexity index is 699. The number of benzene rings is 1. The number of carbonyl (C=O) groups is 1. The van der Waals surface area contributed by atoms with Gasteiger partial charge in [0.2, 0.25) is 0 Å². The van der Waals surface area contributed by atoms with Gasteiger partial charge in [0.15, 0.2) is 0 Å². The molecule has 0 aliphatic carbocycles. The maximum atomic E-state index is 11.8. The summed E-state index contributed by atoms with van der Waals surface area (Å²) in [6.07, 6.45) is 1.41. The van der Waals surface area contributed by atoms with Crippen molar-refractivity contribution in [3.8, 4) is 5.75 Å². The van der Waals surface area contributed by atoms with Gasteiger partial charge < -0.3 is 14.8 Å². The molecule has 2 rings (SSSR count). The summed E-state index contributed by atoms with van der Waals surface area (Å²) in [5.74, 6) is -0.0260. The van der Waals surface area contributed by atoms with Crippen molar-refractivity contribution in [2.45, 2.75) is 19.4 Å². The highest BCUT2D eigenvalue weighted by Gasteiger charge is 2.06. The van der Waals surface area contributed by atoms with Gasteiger partial charge in [0.25, 0.3) is 5.56 Å². The van der Waals surface area contributed by atoms with Crippen LogP contribution in [0.25, 0.3) is 0 Å². The van der Waals surface area contributed by atoms with E-state index in [1.54, 1.807) is 24.3 Å². The number of carboxylic acid groups (broad SMARTS) is 1. The van der Waals surface area contributed by atoms with Gasteiger partial charge in [-0.1, -0.05) is 17.7 Å². The Kier molecular flexibility index (Phi) is 4.94.